The second-order valence-electron chi connectivity index (χ2n) is 9.42. The molecule has 0 radical (unpaired) electrons. The molecule has 1 aliphatic carbocycles. The van der Waals surface area contributed by atoms with Crippen molar-refractivity contribution in [2.45, 2.75) is 25.3 Å². The van der Waals surface area contributed by atoms with Crippen molar-refractivity contribution in [2.24, 2.45) is 11.0 Å². The summed E-state index contributed by atoms with van der Waals surface area (Å²) < 4.78 is 5.92. The number of amides is 1. The Morgan fingerprint density at radius 1 is 0.974 bits per heavy atom. The van der Waals surface area contributed by atoms with Gasteiger partial charge in [0, 0.05) is 16.0 Å². The molecule has 1 amide bonds. The number of benzene rings is 3. The molecule has 1 fully saturated rings. The van der Waals surface area contributed by atoms with E-state index in [4.69, 9.17) is 33.0 Å². The van der Waals surface area contributed by atoms with Crippen molar-refractivity contribution in [2.75, 3.05) is 6.61 Å². The first-order valence-electron chi connectivity index (χ1n) is 12.5. The largest absolute Gasteiger partial charge is 0.467 e. The van der Waals surface area contributed by atoms with Gasteiger partial charge in [-0.15, -0.1) is 0 Å². The summed E-state index contributed by atoms with van der Waals surface area (Å²) in [6.07, 6.45) is 6.44. The first-order chi connectivity index (χ1) is 18.6. The Hall–Kier alpha value is -3.74. The van der Waals surface area contributed by atoms with Gasteiger partial charge < -0.3 is 4.74 Å². The highest BCUT2D eigenvalue weighted by atomic mass is 35.5. The lowest BCUT2D eigenvalue weighted by molar-refractivity contribution is -0.135. The number of halogens is 2. The van der Waals surface area contributed by atoms with Crippen molar-refractivity contribution in [3.05, 3.63) is 106 Å². The Kier molecular flexibility index (Phi) is 6.83. The smallest absolute Gasteiger partial charge is 0.281 e. The third-order valence-electron chi connectivity index (χ3n) is 7.02. The number of carbonyl (C=O) groups is 1. The standard InChI is InChI=1S/C30H24Cl2N4O2/c31-22-12-8-19(9-13-22)16-21-4-3-6-25-28(21)35-36(29(25)20-10-14-23(32)15-11-20)27(37)17-38-30-24-5-1-2-7-26(24)33-18-34-30/h1-2,5,7-16,18,25,29H,3-4,6,17H2/b21-16-/t25-,29-/m0/s1. The molecule has 1 aromatic heterocycles. The van der Waals surface area contributed by atoms with Crippen LogP contribution in [0.3, 0.4) is 0 Å². The molecule has 1 saturated carbocycles. The summed E-state index contributed by atoms with van der Waals surface area (Å²) in [6.45, 7) is -0.190. The zero-order chi connectivity index (χ0) is 26.1. The highest BCUT2D eigenvalue weighted by Crippen LogP contribution is 2.44. The highest BCUT2D eigenvalue weighted by molar-refractivity contribution is 6.30. The van der Waals surface area contributed by atoms with Gasteiger partial charge in [-0.2, -0.15) is 5.10 Å². The minimum atomic E-state index is -0.241. The van der Waals surface area contributed by atoms with Crippen LogP contribution in [0.25, 0.3) is 17.0 Å². The molecule has 0 bridgehead atoms. The number of nitrogens with zero attached hydrogens (tertiary/aromatic N) is 4. The summed E-state index contributed by atoms with van der Waals surface area (Å²) in [5.41, 5.74) is 4.90. The zero-order valence-electron chi connectivity index (χ0n) is 20.4. The van der Waals surface area contributed by atoms with Gasteiger partial charge in [0.15, 0.2) is 6.61 Å². The van der Waals surface area contributed by atoms with Gasteiger partial charge in [-0.25, -0.2) is 15.0 Å². The molecule has 8 heteroatoms. The number of aromatic nitrogens is 2. The van der Waals surface area contributed by atoms with E-state index in [9.17, 15) is 4.79 Å². The average molecular weight is 543 g/mol. The fraction of sp³-hybridized carbons (Fsp3) is 0.200. The molecule has 2 aliphatic rings. The van der Waals surface area contributed by atoms with Crippen molar-refractivity contribution in [3.8, 4) is 5.88 Å². The average Bonchev–Trinajstić information content (AvgIpc) is 3.34. The van der Waals surface area contributed by atoms with E-state index in [1.807, 2.05) is 72.8 Å². The molecular weight excluding hydrogens is 519 g/mol. The van der Waals surface area contributed by atoms with Crippen LogP contribution in [0.5, 0.6) is 5.88 Å². The van der Waals surface area contributed by atoms with Gasteiger partial charge in [0.1, 0.15) is 6.33 Å². The predicted molar refractivity (Wildman–Crippen MR) is 150 cm³/mol. The third kappa shape index (κ3) is 4.89. The van der Waals surface area contributed by atoms with Crippen LogP contribution in [-0.4, -0.2) is 33.2 Å². The van der Waals surface area contributed by atoms with Crippen LogP contribution in [-0.2, 0) is 4.79 Å². The molecule has 190 valence electrons. The first-order valence-corrected chi connectivity index (χ1v) is 13.3. The van der Waals surface area contributed by atoms with Crippen molar-refractivity contribution in [3.63, 3.8) is 0 Å². The maximum Gasteiger partial charge on any atom is 0.281 e. The van der Waals surface area contributed by atoms with Crippen LogP contribution < -0.4 is 4.74 Å². The number of hydrogen-bond acceptors (Lipinski definition) is 5. The molecule has 4 aromatic rings. The zero-order valence-corrected chi connectivity index (χ0v) is 21.9. The monoisotopic (exact) mass is 542 g/mol. The molecule has 2 atom stereocenters. The van der Waals surface area contributed by atoms with Crippen molar-refractivity contribution in [1.82, 2.24) is 15.0 Å². The fourth-order valence-corrected chi connectivity index (χ4v) is 5.50. The van der Waals surface area contributed by atoms with E-state index in [2.05, 4.69) is 16.0 Å². The first kappa shape index (κ1) is 24.6. The van der Waals surface area contributed by atoms with Gasteiger partial charge in [0.25, 0.3) is 5.91 Å². The van der Waals surface area contributed by atoms with Crippen LogP contribution in [0, 0.1) is 5.92 Å². The highest BCUT2D eigenvalue weighted by Gasteiger charge is 2.43. The molecule has 6 rings (SSSR count). The molecule has 3 aromatic carbocycles. The SMILES string of the molecule is O=C(COc1ncnc2ccccc12)N1N=C2/C(=C\c3ccc(Cl)cc3)CCC[C@@H]2[C@@H]1c1ccc(Cl)cc1. The van der Waals surface area contributed by atoms with Gasteiger partial charge in [0.05, 0.1) is 22.7 Å². The van der Waals surface area contributed by atoms with Crippen LogP contribution in [0.15, 0.2) is 89.8 Å². The molecule has 38 heavy (non-hydrogen) atoms. The number of para-hydroxylation sites is 1. The number of ether oxygens (including phenoxy) is 1. The molecule has 6 nitrogen and oxygen atoms in total. The summed E-state index contributed by atoms with van der Waals surface area (Å²) >= 11 is 12.3. The number of hydrogen-bond donors (Lipinski definition) is 0. The van der Waals surface area contributed by atoms with E-state index in [0.717, 1.165) is 52.6 Å². The van der Waals surface area contributed by atoms with Crippen LogP contribution >= 0.6 is 23.2 Å². The number of allylic oxidation sites excluding steroid dienone is 1. The van der Waals surface area contributed by atoms with Gasteiger partial charge in [-0.05, 0) is 78.4 Å². The number of hydrazone groups is 1. The summed E-state index contributed by atoms with van der Waals surface area (Å²) in [7, 11) is 0. The van der Waals surface area contributed by atoms with E-state index in [1.165, 1.54) is 6.33 Å². The quantitative estimate of drug-likeness (QED) is 0.268. The summed E-state index contributed by atoms with van der Waals surface area (Å²) in [6, 6.07) is 22.7. The topological polar surface area (TPSA) is 67.7 Å². The lowest BCUT2D eigenvalue weighted by Crippen LogP contribution is -2.34. The Morgan fingerprint density at radius 2 is 1.71 bits per heavy atom. The summed E-state index contributed by atoms with van der Waals surface area (Å²) in [5.74, 6) is 0.215. The van der Waals surface area contributed by atoms with Gasteiger partial charge >= 0.3 is 0 Å². The minimum absolute atomic E-state index is 0.0762. The van der Waals surface area contributed by atoms with Crippen LogP contribution in [0.1, 0.15) is 36.4 Å². The molecule has 0 N–H and O–H groups in total. The Morgan fingerprint density at radius 3 is 2.50 bits per heavy atom. The van der Waals surface area contributed by atoms with Gasteiger partial charge in [-0.3, -0.25) is 4.79 Å². The predicted octanol–water partition coefficient (Wildman–Crippen LogP) is 7.14. The summed E-state index contributed by atoms with van der Waals surface area (Å²) in [4.78, 5) is 22.2. The maximum atomic E-state index is 13.6. The van der Waals surface area contributed by atoms with Crippen molar-refractivity contribution < 1.29 is 9.53 Å². The summed E-state index contributed by atoms with van der Waals surface area (Å²) in [5, 5.41) is 8.61. The second-order valence-corrected chi connectivity index (χ2v) is 10.3. The Labute approximate surface area is 230 Å². The van der Waals surface area contributed by atoms with E-state index in [1.54, 1.807) is 5.01 Å². The van der Waals surface area contributed by atoms with E-state index in [-0.39, 0.29) is 24.5 Å². The fourth-order valence-electron chi connectivity index (χ4n) is 5.25. The number of fused-ring (bicyclic) bond motifs is 2. The lowest BCUT2D eigenvalue weighted by Gasteiger charge is -2.29. The van der Waals surface area contributed by atoms with E-state index in [0.29, 0.717) is 15.9 Å². The number of carbonyl (C=O) groups excluding carboxylic acids is 1. The van der Waals surface area contributed by atoms with Crippen molar-refractivity contribution in [1.29, 1.82) is 0 Å². The molecule has 0 saturated heterocycles. The number of rotatable bonds is 5. The normalized spacial score (nSPS) is 19.9. The third-order valence-corrected chi connectivity index (χ3v) is 7.52. The molecule has 1 aliphatic heterocycles. The van der Waals surface area contributed by atoms with E-state index >= 15 is 0 Å². The Balaban J connectivity index is 1.32. The minimum Gasteiger partial charge on any atom is -0.467 e. The van der Waals surface area contributed by atoms with Crippen LogP contribution in [0.4, 0.5) is 0 Å². The lowest BCUT2D eigenvalue weighted by atomic mass is 9.77. The van der Waals surface area contributed by atoms with E-state index < -0.39 is 0 Å². The van der Waals surface area contributed by atoms with Gasteiger partial charge in [-0.1, -0.05) is 59.6 Å². The molecular formula is C30H24Cl2N4O2. The second kappa shape index (κ2) is 10.6. The molecule has 2 heterocycles. The van der Waals surface area contributed by atoms with Gasteiger partial charge in [0.2, 0.25) is 5.88 Å². The molecule has 0 spiro atoms. The maximum absolute atomic E-state index is 13.6. The van der Waals surface area contributed by atoms with Crippen LogP contribution in [0.2, 0.25) is 10.0 Å². The van der Waals surface area contributed by atoms with Crippen molar-refractivity contribution >= 4 is 51.8 Å². The molecule has 0 unspecified atom stereocenters. The Bertz CT molecular complexity index is 1550.